The van der Waals surface area contributed by atoms with Gasteiger partial charge in [0.2, 0.25) is 0 Å². The fourth-order valence-corrected chi connectivity index (χ4v) is 8.51. The van der Waals surface area contributed by atoms with Crippen LogP contribution < -0.4 is 10.1 Å². The Bertz CT molecular complexity index is 1900. The Morgan fingerprint density at radius 1 is 0.762 bits per heavy atom. The van der Waals surface area contributed by atoms with Crippen LogP contribution in [0.2, 0.25) is 0 Å². The monoisotopic (exact) mass is 774 g/mol. The van der Waals surface area contributed by atoms with Crippen molar-refractivity contribution in [2.75, 3.05) is 0 Å². The second-order valence-electron chi connectivity index (χ2n) is 10.7. The van der Waals surface area contributed by atoms with Crippen molar-refractivity contribution < 1.29 is 10.1 Å². The van der Waals surface area contributed by atoms with E-state index in [1.54, 1.807) is 0 Å². The number of hydrogen-bond acceptors (Lipinski definition) is 2. The molecule has 0 saturated carbocycles. The van der Waals surface area contributed by atoms with E-state index in [1.165, 1.54) is 22.3 Å². The van der Waals surface area contributed by atoms with E-state index in [-0.39, 0.29) is 30.9 Å². The summed E-state index contributed by atoms with van der Waals surface area (Å²) in [7, 11) is 0. The number of halogens is 2. The standard InChI is InChI=1S/C36H28I2N2O2/c1-3-6-29-23(2)36(33-8-5-4-7-30(29)33)34-21-27(39(41)25-11-9-24(37)10-12-25)13-15-31(34)32-16-14-28(22-35(32)36)40(42)26-17-19-38-20-18-26/h3-22,39-40H,1-2H3/b6-3-. The molecule has 4 nitrogen and oxygen atoms in total. The van der Waals surface area contributed by atoms with Gasteiger partial charge >= 0.3 is 0 Å². The van der Waals surface area contributed by atoms with Crippen LogP contribution in [0.15, 0.2) is 125 Å². The minimum Gasteiger partial charge on any atom is -0.623 e. The first kappa shape index (κ1) is 27.8. The molecule has 42 heavy (non-hydrogen) atoms. The Labute approximate surface area is 269 Å². The fraction of sp³-hybridized carbons (Fsp3) is 0.0833. The van der Waals surface area contributed by atoms with Gasteiger partial charge in [-0.2, -0.15) is 0 Å². The molecule has 208 valence electrons. The van der Waals surface area contributed by atoms with Crippen molar-refractivity contribution in [1.29, 1.82) is 0 Å². The average Bonchev–Trinajstić information content (AvgIpc) is 3.46. The van der Waals surface area contributed by atoms with E-state index < -0.39 is 5.41 Å². The van der Waals surface area contributed by atoms with E-state index in [9.17, 15) is 10.4 Å². The lowest BCUT2D eigenvalue weighted by molar-refractivity contribution is -0.727. The normalized spacial score (nSPS) is 19.9. The number of nitrogens with one attached hydrogen (secondary N) is 2. The van der Waals surface area contributed by atoms with Gasteiger partial charge in [0.1, 0.15) is 22.8 Å². The van der Waals surface area contributed by atoms with E-state index in [0.29, 0.717) is 17.1 Å². The Hall–Kier alpha value is -2.99. The Morgan fingerprint density at radius 3 is 2.05 bits per heavy atom. The number of fused-ring (bicyclic) bond motifs is 7. The number of benzene rings is 4. The highest BCUT2D eigenvalue weighted by Crippen LogP contribution is 2.62. The molecule has 4 aromatic rings. The molecule has 0 amide bonds. The molecule has 0 saturated heterocycles. The predicted molar refractivity (Wildman–Crippen MR) is 190 cm³/mol. The van der Waals surface area contributed by atoms with E-state index in [4.69, 9.17) is 0 Å². The maximum atomic E-state index is 13.8. The molecule has 0 aromatic heterocycles. The molecule has 0 fully saturated rings. The first-order chi connectivity index (χ1) is 20.4. The maximum absolute atomic E-state index is 13.8. The van der Waals surface area contributed by atoms with Crippen LogP contribution in [0.5, 0.6) is 0 Å². The molecule has 3 atom stereocenters. The summed E-state index contributed by atoms with van der Waals surface area (Å²) in [5, 5.41) is 27.5. The van der Waals surface area contributed by atoms with Gasteiger partial charge in [0.25, 0.3) is 0 Å². The van der Waals surface area contributed by atoms with Crippen molar-refractivity contribution >= 4 is 70.0 Å². The van der Waals surface area contributed by atoms with Gasteiger partial charge in [-0.15, -0.1) is 0 Å². The topological polar surface area (TPSA) is 55.0 Å². The van der Waals surface area contributed by atoms with E-state index >= 15 is 0 Å². The Morgan fingerprint density at radius 2 is 1.40 bits per heavy atom. The molecule has 0 radical (unpaired) electrons. The van der Waals surface area contributed by atoms with Crippen molar-refractivity contribution in [3.05, 3.63) is 161 Å². The van der Waals surface area contributed by atoms with Crippen LogP contribution >= 0.6 is 43.3 Å². The third kappa shape index (κ3) is 4.19. The number of rotatable bonds is 5. The third-order valence-corrected chi connectivity index (χ3v) is 10.9. The van der Waals surface area contributed by atoms with Crippen molar-refractivity contribution in [2.45, 2.75) is 19.3 Å². The molecule has 2 N–H and O–H groups in total. The van der Waals surface area contributed by atoms with Crippen LogP contribution in [0.4, 0.5) is 17.1 Å². The third-order valence-electron chi connectivity index (χ3n) is 8.58. The molecule has 1 spiro atoms. The van der Waals surface area contributed by atoms with Gasteiger partial charge in [-0.25, -0.2) is 0 Å². The summed E-state index contributed by atoms with van der Waals surface area (Å²) in [6, 6.07) is 28.6. The molecular formula is C36H28I2N2O2. The predicted octanol–water partition coefficient (Wildman–Crippen LogP) is 7.51. The second-order valence-corrected chi connectivity index (χ2v) is 14.1. The molecule has 1 aliphatic heterocycles. The minimum absolute atomic E-state index is 0.00727. The van der Waals surface area contributed by atoms with Gasteiger partial charge in [-0.1, -0.05) is 57.1 Å². The van der Waals surface area contributed by atoms with E-state index in [1.807, 2.05) is 55.5 Å². The van der Waals surface area contributed by atoms with Crippen molar-refractivity contribution in [3.63, 3.8) is 0 Å². The lowest BCUT2D eigenvalue weighted by Gasteiger charge is -2.32. The molecule has 7 rings (SSSR count). The summed E-state index contributed by atoms with van der Waals surface area (Å²) < 4.78 is 5.36. The zero-order valence-corrected chi connectivity index (χ0v) is 27.4. The first-order valence-corrected chi connectivity index (χ1v) is 17.4. The number of quaternary nitrogens is 2. The van der Waals surface area contributed by atoms with Crippen LogP contribution in [-0.2, 0) is 5.41 Å². The van der Waals surface area contributed by atoms with Crippen LogP contribution in [0.3, 0.4) is 0 Å². The Kier molecular flexibility index (Phi) is 7.24. The van der Waals surface area contributed by atoms with Crippen LogP contribution in [0, 0.1) is 14.0 Å². The van der Waals surface area contributed by atoms with E-state index in [2.05, 4.69) is 98.3 Å². The molecular weight excluding hydrogens is 746 g/mol. The number of hydrogen-bond donors (Lipinski definition) is 2. The maximum Gasteiger partial charge on any atom is 0.137 e. The minimum atomic E-state index is -0.608. The van der Waals surface area contributed by atoms with Crippen LogP contribution in [-0.4, -0.2) is 4.01 Å². The number of allylic oxidation sites excluding steroid dienone is 6. The van der Waals surface area contributed by atoms with Crippen LogP contribution in [0.1, 0.15) is 36.1 Å². The second kappa shape index (κ2) is 10.9. The molecule has 4 aromatic carbocycles. The highest BCUT2D eigenvalue weighted by molar-refractivity contribution is 14.2. The summed E-state index contributed by atoms with van der Waals surface area (Å²) in [5.41, 5.74) is 11.3. The summed E-state index contributed by atoms with van der Waals surface area (Å²) in [6.45, 7) is 4.26. The zero-order valence-electron chi connectivity index (χ0n) is 23.1. The molecule has 1 heterocycles. The van der Waals surface area contributed by atoms with Gasteiger partial charge < -0.3 is 20.5 Å². The smallest absolute Gasteiger partial charge is 0.137 e. The average molecular weight is 774 g/mol. The molecule has 6 heteroatoms. The number of hydroxylamine groups is 1. The lowest BCUT2D eigenvalue weighted by Crippen LogP contribution is -2.99. The van der Waals surface area contributed by atoms with Gasteiger partial charge in [0, 0.05) is 52.1 Å². The molecule has 2 aliphatic carbocycles. The van der Waals surface area contributed by atoms with Gasteiger partial charge in [0.05, 0.1) is 5.41 Å². The van der Waals surface area contributed by atoms with Gasteiger partial charge in [0.15, 0.2) is 0 Å². The van der Waals surface area contributed by atoms with Crippen molar-refractivity contribution in [2.24, 2.45) is 0 Å². The van der Waals surface area contributed by atoms with Crippen molar-refractivity contribution in [3.8, 4) is 11.1 Å². The highest BCUT2D eigenvalue weighted by Gasteiger charge is 2.51. The summed E-state index contributed by atoms with van der Waals surface area (Å²) in [5.74, 6) is 0. The van der Waals surface area contributed by atoms with Gasteiger partial charge in [-0.3, -0.25) is 0 Å². The molecule has 0 bridgehead atoms. The van der Waals surface area contributed by atoms with Crippen molar-refractivity contribution in [1.82, 2.24) is 0 Å². The highest BCUT2D eigenvalue weighted by atomic mass is 127. The summed E-state index contributed by atoms with van der Waals surface area (Å²) in [4.78, 5) is 0. The Balaban J connectivity index is 1.49. The summed E-state index contributed by atoms with van der Waals surface area (Å²) >= 11 is 2.15. The van der Waals surface area contributed by atoms with Crippen LogP contribution in [0.25, 0.3) is 16.7 Å². The summed E-state index contributed by atoms with van der Waals surface area (Å²) in [6.07, 6.45) is 8.21. The quantitative estimate of drug-likeness (QED) is 0.163. The first-order valence-electron chi connectivity index (χ1n) is 13.9. The largest absolute Gasteiger partial charge is 0.623 e. The van der Waals surface area contributed by atoms with E-state index in [0.717, 1.165) is 31.5 Å². The molecule has 3 aliphatic rings. The lowest BCUT2D eigenvalue weighted by atomic mass is 9.70. The zero-order chi connectivity index (χ0) is 29.0. The molecule has 3 unspecified atom stereocenters. The fourth-order valence-electron chi connectivity index (χ4n) is 6.72. The van der Waals surface area contributed by atoms with Gasteiger partial charge in [-0.05, 0) is 113 Å². The SMILES string of the molecule is C/C=C\C1=C(C)C2(c3ccccc31)c1cc([NH+]([O-])C3=CC=IC=C3)ccc1-c1ccc([NH+]([O-])c3ccc(I)cc3)cc12.